The summed E-state index contributed by atoms with van der Waals surface area (Å²) in [5.41, 5.74) is 1.73. The summed E-state index contributed by atoms with van der Waals surface area (Å²) >= 11 is 0. The van der Waals surface area contributed by atoms with E-state index in [9.17, 15) is 10.1 Å². The molecule has 0 aliphatic carbocycles. The van der Waals surface area contributed by atoms with E-state index in [1.807, 2.05) is 26.8 Å². The summed E-state index contributed by atoms with van der Waals surface area (Å²) in [5, 5.41) is 9.29. The number of carbonyl (C=O) groups excluding carboxylic acids is 1. The lowest BCUT2D eigenvalue weighted by atomic mass is 9.88. The van der Waals surface area contributed by atoms with Crippen LogP contribution in [-0.2, 0) is 9.53 Å². The molecule has 0 saturated carbocycles. The minimum Gasteiger partial charge on any atom is -0.460 e. The number of fused-ring (bicyclic) bond motifs is 1. The zero-order chi connectivity index (χ0) is 19.6. The molecule has 0 radical (unpaired) electrons. The molecule has 0 spiro atoms. The summed E-state index contributed by atoms with van der Waals surface area (Å²) in [5.74, 6) is 0.515. The highest BCUT2D eigenvalue weighted by Crippen LogP contribution is 2.31. The highest BCUT2D eigenvalue weighted by molar-refractivity contribution is 5.83. The molecule has 142 valence electrons. The molecule has 0 N–H and O–H groups in total. The van der Waals surface area contributed by atoms with Gasteiger partial charge in [0.05, 0.1) is 24.5 Å². The maximum Gasteiger partial charge on any atom is 0.375 e. The van der Waals surface area contributed by atoms with Crippen molar-refractivity contribution in [2.45, 2.75) is 46.1 Å². The predicted octanol–water partition coefficient (Wildman–Crippen LogP) is 2.44. The van der Waals surface area contributed by atoms with Crippen molar-refractivity contribution < 1.29 is 14.1 Å². The molecular formula is C20H26N5O2+. The van der Waals surface area contributed by atoms with Gasteiger partial charge in [0.15, 0.2) is 5.52 Å². The van der Waals surface area contributed by atoms with Gasteiger partial charge in [0.25, 0.3) is 0 Å². The average molecular weight is 368 g/mol. The summed E-state index contributed by atoms with van der Waals surface area (Å²) in [4.78, 5) is 23.3. The molecule has 0 unspecified atom stereocenters. The Bertz CT molecular complexity index is 884. The lowest BCUT2D eigenvalue weighted by Gasteiger charge is -2.38. The van der Waals surface area contributed by atoms with Crippen LogP contribution in [0.1, 0.15) is 40.5 Å². The Morgan fingerprint density at radius 3 is 2.81 bits per heavy atom. The number of pyridine rings is 1. The van der Waals surface area contributed by atoms with E-state index in [2.05, 4.69) is 28.0 Å². The Labute approximate surface area is 159 Å². The van der Waals surface area contributed by atoms with Crippen molar-refractivity contribution in [3.05, 3.63) is 24.7 Å². The smallest absolute Gasteiger partial charge is 0.375 e. The number of nitriles is 1. The fraction of sp³-hybridized carbons (Fsp3) is 0.550. The van der Waals surface area contributed by atoms with Crippen molar-refractivity contribution in [2.24, 2.45) is 11.8 Å². The fourth-order valence-corrected chi connectivity index (χ4v) is 3.76. The van der Waals surface area contributed by atoms with Crippen LogP contribution in [0, 0.1) is 23.3 Å². The molecule has 1 fully saturated rings. The van der Waals surface area contributed by atoms with Crippen molar-refractivity contribution >= 4 is 22.8 Å². The van der Waals surface area contributed by atoms with E-state index in [-0.39, 0.29) is 11.9 Å². The van der Waals surface area contributed by atoms with Gasteiger partial charge in [0.1, 0.15) is 11.8 Å². The first-order valence-corrected chi connectivity index (χ1v) is 9.29. The lowest BCUT2D eigenvalue weighted by Crippen LogP contribution is -2.42. The van der Waals surface area contributed by atoms with E-state index in [4.69, 9.17) is 4.74 Å². The Kier molecular flexibility index (Phi) is 5.26. The second-order valence-electron chi connectivity index (χ2n) is 8.30. The number of piperidine rings is 1. The molecule has 7 nitrogen and oxygen atoms in total. The van der Waals surface area contributed by atoms with E-state index in [1.165, 1.54) is 4.57 Å². The van der Waals surface area contributed by atoms with Gasteiger partial charge < -0.3 is 9.64 Å². The third kappa shape index (κ3) is 4.51. The first-order valence-electron chi connectivity index (χ1n) is 9.29. The van der Waals surface area contributed by atoms with Gasteiger partial charge in [-0.15, -0.1) is 9.55 Å². The Morgan fingerprint density at radius 2 is 2.11 bits per heavy atom. The summed E-state index contributed by atoms with van der Waals surface area (Å²) < 4.78 is 6.91. The maximum absolute atomic E-state index is 12.3. The Hall–Kier alpha value is -2.75. The molecule has 2 aromatic rings. The van der Waals surface area contributed by atoms with Gasteiger partial charge >= 0.3 is 17.8 Å². The Balaban J connectivity index is 1.84. The summed E-state index contributed by atoms with van der Waals surface area (Å²) in [6, 6.07) is 1.91. The van der Waals surface area contributed by atoms with Crippen molar-refractivity contribution in [3.8, 4) is 6.19 Å². The highest BCUT2D eigenvalue weighted by Gasteiger charge is 2.30. The third-order valence-electron chi connectivity index (χ3n) is 4.60. The number of aromatic nitrogens is 3. The topological polar surface area (TPSA) is 83.0 Å². The molecule has 1 aliphatic heterocycles. The number of rotatable bonds is 3. The van der Waals surface area contributed by atoms with Crippen LogP contribution >= 0.6 is 0 Å². The molecule has 0 bridgehead atoms. The number of hydrogen-bond donors (Lipinski definition) is 0. The van der Waals surface area contributed by atoms with Crippen molar-refractivity contribution in [1.29, 1.82) is 5.26 Å². The second-order valence-corrected chi connectivity index (χ2v) is 8.30. The van der Waals surface area contributed by atoms with Gasteiger partial charge in [-0.3, -0.25) is 4.79 Å². The predicted molar refractivity (Wildman–Crippen MR) is 101 cm³/mol. The average Bonchev–Trinajstić information content (AvgIpc) is 2.58. The molecule has 1 saturated heterocycles. The van der Waals surface area contributed by atoms with Crippen LogP contribution in [0.2, 0.25) is 0 Å². The minimum absolute atomic E-state index is 0.151. The minimum atomic E-state index is -0.465. The first kappa shape index (κ1) is 19.0. The number of esters is 1. The monoisotopic (exact) mass is 368 g/mol. The van der Waals surface area contributed by atoms with Crippen LogP contribution in [0.15, 0.2) is 24.7 Å². The molecule has 3 heterocycles. The van der Waals surface area contributed by atoms with Gasteiger partial charge in [0, 0.05) is 18.4 Å². The van der Waals surface area contributed by atoms with Crippen LogP contribution < -0.4 is 9.47 Å². The normalized spacial score (nSPS) is 20.3. The SMILES string of the molecule is C[C@H]1C[C@@H](CC(=O)OC(C)(C)C)CN(c2cc[n+](C#N)c3nccnc23)C1. The van der Waals surface area contributed by atoms with E-state index < -0.39 is 5.60 Å². The van der Waals surface area contributed by atoms with E-state index in [0.29, 0.717) is 23.5 Å². The van der Waals surface area contributed by atoms with E-state index >= 15 is 0 Å². The number of carbonyl (C=O) groups is 1. The fourth-order valence-electron chi connectivity index (χ4n) is 3.76. The van der Waals surface area contributed by atoms with Crippen molar-refractivity contribution in [2.75, 3.05) is 18.0 Å². The molecule has 2 atom stereocenters. The maximum atomic E-state index is 12.3. The number of ether oxygens (including phenoxy) is 1. The van der Waals surface area contributed by atoms with Gasteiger partial charge in [-0.1, -0.05) is 6.92 Å². The second kappa shape index (κ2) is 7.47. The summed E-state index contributed by atoms with van der Waals surface area (Å²) in [7, 11) is 0. The van der Waals surface area contributed by atoms with Crippen LogP contribution in [0.4, 0.5) is 5.69 Å². The number of anilines is 1. The molecule has 0 aromatic carbocycles. The van der Waals surface area contributed by atoms with Gasteiger partial charge in [-0.2, -0.15) is 0 Å². The van der Waals surface area contributed by atoms with Gasteiger partial charge in [-0.25, -0.2) is 4.98 Å². The quantitative estimate of drug-likeness (QED) is 0.611. The summed E-state index contributed by atoms with van der Waals surface area (Å²) in [6.45, 7) is 9.50. The molecular weight excluding hydrogens is 342 g/mol. The standard InChI is InChI=1S/C20H26N5O2/c1-14-9-15(10-17(26)27-20(2,3)4)12-25(11-14)16-5-8-24(13-21)19-18(16)22-6-7-23-19/h5-8,14-15H,9-12H2,1-4H3/q+1/t14-,15-/m0/s1. The van der Waals surface area contributed by atoms with Crippen LogP contribution in [0.5, 0.6) is 0 Å². The van der Waals surface area contributed by atoms with Crippen LogP contribution in [0.25, 0.3) is 11.2 Å². The zero-order valence-corrected chi connectivity index (χ0v) is 16.3. The molecule has 2 aromatic heterocycles. The molecule has 1 aliphatic rings. The van der Waals surface area contributed by atoms with E-state index in [0.717, 1.165) is 25.2 Å². The number of hydrogen-bond acceptors (Lipinski definition) is 6. The molecule has 27 heavy (non-hydrogen) atoms. The third-order valence-corrected chi connectivity index (χ3v) is 4.60. The first-order chi connectivity index (χ1) is 12.8. The van der Waals surface area contributed by atoms with Crippen LogP contribution in [0.3, 0.4) is 0 Å². The van der Waals surface area contributed by atoms with E-state index in [1.54, 1.807) is 18.6 Å². The number of nitrogens with zero attached hydrogens (tertiary/aromatic N) is 5. The molecule has 7 heteroatoms. The van der Waals surface area contributed by atoms with Gasteiger partial charge in [0.2, 0.25) is 0 Å². The van der Waals surface area contributed by atoms with Crippen molar-refractivity contribution in [1.82, 2.24) is 9.97 Å². The van der Waals surface area contributed by atoms with Crippen LogP contribution in [-0.4, -0.2) is 34.6 Å². The van der Waals surface area contributed by atoms with Crippen molar-refractivity contribution in [3.63, 3.8) is 0 Å². The lowest BCUT2D eigenvalue weighted by molar-refractivity contribution is -0.559. The van der Waals surface area contributed by atoms with Gasteiger partial charge in [-0.05, 0) is 45.1 Å². The largest absolute Gasteiger partial charge is 0.460 e. The summed E-state index contributed by atoms with van der Waals surface area (Å²) in [6.07, 6.45) is 8.44. The Morgan fingerprint density at radius 1 is 1.37 bits per heavy atom. The molecule has 3 rings (SSSR count). The highest BCUT2D eigenvalue weighted by atomic mass is 16.6. The molecule has 0 amide bonds. The zero-order valence-electron chi connectivity index (χ0n) is 16.3.